The van der Waals surface area contributed by atoms with Gasteiger partial charge in [-0.3, -0.25) is 9.59 Å². The van der Waals surface area contributed by atoms with Crippen LogP contribution >= 0.6 is 0 Å². The van der Waals surface area contributed by atoms with Crippen molar-refractivity contribution in [3.05, 3.63) is 33.7 Å². The maximum absolute atomic E-state index is 11.8. The number of aryl methyl sites for hydroxylation is 2. The second kappa shape index (κ2) is 7.09. The van der Waals surface area contributed by atoms with Crippen molar-refractivity contribution in [2.45, 2.75) is 26.8 Å². The van der Waals surface area contributed by atoms with Crippen LogP contribution in [0.4, 0.5) is 0 Å². The van der Waals surface area contributed by atoms with Crippen LogP contribution in [-0.2, 0) is 11.3 Å². The summed E-state index contributed by atoms with van der Waals surface area (Å²) in [5, 5.41) is 2.89. The molecule has 0 bridgehead atoms. The Balaban J connectivity index is 2.51. The number of carbonyl (C=O) groups excluding carboxylic acids is 1. The van der Waals surface area contributed by atoms with Crippen molar-refractivity contribution in [2.24, 2.45) is 0 Å². The van der Waals surface area contributed by atoms with Crippen molar-refractivity contribution >= 4 is 5.91 Å². The SMILES string of the molecule is Cc1cc(=O)cc(C)n1CC(=O)NCCCN(C)C. The maximum Gasteiger partial charge on any atom is 0.239 e. The fraction of sp³-hybridized carbons (Fsp3) is 0.571. The van der Waals surface area contributed by atoms with Crippen molar-refractivity contribution in [1.29, 1.82) is 0 Å². The third-order valence-corrected chi connectivity index (χ3v) is 2.96. The van der Waals surface area contributed by atoms with Crippen LogP contribution in [0.3, 0.4) is 0 Å². The van der Waals surface area contributed by atoms with E-state index in [4.69, 9.17) is 0 Å². The zero-order valence-electron chi connectivity index (χ0n) is 12.2. The Morgan fingerprint density at radius 1 is 1.26 bits per heavy atom. The van der Waals surface area contributed by atoms with Crippen LogP contribution in [-0.4, -0.2) is 42.6 Å². The average molecular weight is 265 g/mol. The average Bonchev–Trinajstić information content (AvgIpc) is 2.29. The van der Waals surface area contributed by atoms with E-state index in [1.54, 1.807) is 12.1 Å². The van der Waals surface area contributed by atoms with Crippen LogP contribution in [0.5, 0.6) is 0 Å². The zero-order chi connectivity index (χ0) is 14.4. The predicted octanol–water partition coefficient (Wildman–Crippen LogP) is 0.533. The van der Waals surface area contributed by atoms with E-state index in [9.17, 15) is 9.59 Å². The molecule has 0 aromatic carbocycles. The number of hydrogen-bond acceptors (Lipinski definition) is 3. The summed E-state index contributed by atoms with van der Waals surface area (Å²) in [5.74, 6) is -0.0198. The molecule has 0 spiro atoms. The molecule has 1 heterocycles. The third kappa shape index (κ3) is 5.26. The second-order valence-electron chi connectivity index (χ2n) is 5.07. The van der Waals surface area contributed by atoms with E-state index in [-0.39, 0.29) is 17.9 Å². The largest absolute Gasteiger partial charge is 0.355 e. The Labute approximate surface area is 114 Å². The molecular formula is C14H23N3O2. The van der Waals surface area contributed by atoms with Crippen LogP contribution in [0.1, 0.15) is 17.8 Å². The molecule has 0 aliphatic heterocycles. The van der Waals surface area contributed by atoms with E-state index >= 15 is 0 Å². The smallest absolute Gasteiger partial charge is 0.239 e. The quantitative estimate of drug-likeness (QED) is 0.764. The highest BCUT2D eigenvalue weighted by molar-refractivity contribution is 5.75. The number of hydrogen-bond donors (Lipinski definition) is 1. The standard InChI is InChI=1S/C14H23N3O2/c1-11-8-13(18)9-12(2)17(11)10-14(19)15-6-5-7-16(3)4/h8-9H,5-7,10H2,1-4H3,(H,15,19). The summed E-state index contributed by atoms with van der Waals surface area (Å²) in [7, 11) is 4.02. The number of carbonyl (C=O) groups is 1. The molecular weight excluding hydrogens is 242 g/mol. The summed E-state index contributed by atoms with van der Waals surface area (Å²) in [4.78, 5) is 25.2. The van der Waals surface area contributed by atoms with Gasteiger partial charge in [0.1, 0.15) is 6.54 Å². The van der Waals surface area contributed by atoms with Crippen LogP contribution in [0.2, 0.25) is 0 Å². The minimum absolute atomic E-state index is 0.0161. The van der Waals surface area contributed by atoms with Crippen molar-refractivity contribution in [2.75, 3.05) is 27.2 Å². The van der Waals surface area contributed by atoms with Crippen LogP contribution in [0.15, 0.2) is 16.9 Å². The molecule has 0 fully saturated rings. The molecule has 0 atom stereocenters. The van der Waals surface area contributed by atoms with Crippen molar-refractivity contribution in [3.63, 3.8) is 0 Å². The molecule has 5 nitrogen and oxygen atoms in total. The minimum Gasteiger partial charge on any atom is -0.355 e. The summed E-state index contributed by atoms with van der Waals surface area (Å²) in [6, 6.07) is 3.10. The molecule has 1 aromatic heterocycles. The molecule has 19 heavy (non-hydrogen) atoms. The Morgan fingerprint density at radius 3 is 2.37 bits per heavy atom. The lowest BCUT2D eigenvalue weighted by molar-refractivity contribution is -0.121. The molecule has 1 aromatic rings. The van der Waals surface area contributed by atoms with Gasteiger partial charge in [-0.15, -0.1) is 0 Å². The Bertz CT molecular complexity index is 466. The van der Waals surface area contributed by atoms with Gasteiger partial charge in [-0.25, -0.2) is 0 Å². The summed E-state index contributed by atoms with van der Waals surface area (Å²) in [6.07, 6.45) is 0.931. The number of rotatable bonds is 6. The fourth-order valence-corrected chi connectivity index (χ4v) is 1.96. The topological polar surface area (TPSA) is 54.3 Å². The molecule has 5 heteroatoms. The molecule has 0 aliphatic rings. The van der Waals surface area contributed by atoms with E-state index in [0.29, 0.717) is 6.54 Å². The Morgan fingerprint density at radius 2 is 1.84 bits per heavy atom. The lowest BCUT2D eigenvalue weighted by atomic mass is 10.3. The normalized spacial score (nSPS) is 10.8. The summed E-state index contributed by atoms with van der Waals surface area (Å²) >= 11 is 0. The van der Waals surface area contributed by atoms with Gasteiger partial charge in [0.2, 0.25) is 5.91 Å². The minimum atomic E-state index is -0.0198. The van der Waals surface area contributed by atoms with Gasteiger partial charge in [-0.2, -0.15) is 0 Å². The molecule has 0 radical (unpaired) electrons. The number of aromatic nitrogens is 1. The first-order valence-corrected chi connectivity index (χ1v) is 6.49. The van der Waals surface area contributed by atoms with Gasteiger partial charge in [0.25, 0.3) is 0 Å². The molecule has 1 amide bonds. The molecule has 0 aliphatic carbocycles. The van der Waals surface area contributed by atoms with Gasteiger partial charge in [-0.1, -0.05) is 0 Å². The van der Waals surface area contributed by atoms with Crippen LogP contribution in [0.25, 0.3) is 0 Å². The van der Waals surface area contributed by atoms with E-state index < -0.39 is 0 Å². The van der Waals surface area contributed by atoms with Crippen LogP contribution < -0.4 is 10.7 Å². The van der Waals surface area contributed by atoms with Gasteiger partial charge in [0.15, 0.2) is 5.43 Å². The predicted molar refractivity (Wildman–Crippen MR) is 76.4 cm³/mol. The maximum atomic E-state index is 11.8. The second-order valence-corrected chi connectivity index (χ2v) is 5.07. The van der Waals surface area contributed by atoms with Gasteiger partial charge in [0.05, 0.1) is 0 Å². The fourth-order valence-electron chi connectivity index (χ4n) is 1.96. The molecule has 106 valence electrons. The summed E-state index contributed by atoms with van der Waals surface area (Å²) in [5.41, 5.74) is 1.61. The first-order chi connectivity index (χ1) is 8.90. The van der Waals surface area contributed by atoms with Crippen LogP contribution in [0, 0.1) is 13.8 Å². The van der Waals surface area contributed by atoms with Gasteiger partial charge < -0.3 is 14.8 Å². The van der Waals surface area contributed by atoms with Crippen molar-refractivity contribution in [3.8, 4) is 0 Å². The number of amides is 1. The van der Waals surface area contributed by atoms with Gasteiger partial charge in [-0.05, 0) is 40.9 Å². The first kappa shape index (κ1) is 15.4. The van der Waals surface area contributed by atoms with E-state index in [1.807, 2.05) is 32.5 Å². The third-order valence-electron chi connectivity index (χ3n) is 2.96. The van der Waals surface area contributed by atoms with E-state index in [1.165, 1.54) is 0 Å². The number of nitrogens with zero attached hydrogens (tertiary/aromatic N) is 2. The highest BCUT2D eigenvalue weighted by Crippen LogP contribution is 2.01. The number of pyridine rings is 1. The molecule has 0 saturated heterocycles. The molecule has 0 saturated carbocycles. The summed E-state index contributed by atoms with van der Waals surface area (Å²) < 4.78 is 1.85. The van der Waals surface area contributed by atoms with E-state index in [2.05, 4.69) is 10.2 Å². The first-order valence-electron chi connectivity index (χ1n) is 6.49. The monoisotopic (exact) mass is 265 g/mol. The van der Waals surface area contributed by atoms with Crippen molar-refractivity contribution < 1.29 is 4.79 Å². The van der Waals surface area contributed by atoms with Gasteiger partial charge in [0, 0.05) is 30.1 Å². The molecule has 1 N–H and O–H groups in total. The number of nitrogens with one attached hydrogen (secondary N) is 1. The summed E-state index contributed by atoms with van der Waals surface area (Å²) in [6.45, 7) is 5.58. The highest BCUT2D eigenvalue weighted by Gasteiger charge is 2.06. The Kier molecular flexibility index (Phi) is 5.76. The molecule has 0 unspecified atom stereocenters. The lowest BCUT2D eigenvalue weighted by Crippen LogP contribution is -2.31. The zero-order valence-corrected chi connectivity index (χ0v) is 12.2. The van der Waals surface area contributed by atoms with Gasteiger partial charge >= 0.3 is 0 Å². The highest BCUT2D eigenvalue weighted by atomic mass is 16.2. The van der Waals surface area contributed by atoms with Crippen molar-refractivity contribution in [1.82, 2.24) is 14.8 Å². The lowest BCUT2D eigenvalue weighted by Gasteiger charge is -2.14. The molecule has 1 rings (SSSR count). The Hall–Kier alpha value is -1.62. The van der Waals surface area contributed by atoms with E-state index in [0.717, 1.165) is 24.4 Å².